The molecule has 0 radical (unpaired) electrons. The molecule has 54 heavy (non-hydrogen) atoms. The first kappa shape index (κ1) is 39.8. The number of Topliss-reactive ketones (excluding diaryl/α,β-unsaturated/α-hetero) is 3. The third-order valence-electron chi connectivity index (χ3n) is 8.70. The summed E-state index contributed by atoms with van der Waals surface area (Å²) < 4.78 is 19.9. The van der Waals surface area contributed by atoms with Gasteiger partial charge in [0.1, 0.15) is 27.7 Å². The Balaban J connectivity index is 0.000000208. The van der Waals surface area contributed by atoms with Crippen LogP contribution in [0, 0.1) is 0 Å². The van der Waals surface area contributed by atoms with Crippen molar-refractivity contribution < 1.29 is 47.7 Å². The summed E-state index contributed by atoms with van der Waals surface area (Å²) in [5.41, 5.74) is 2.90. The van der Waals surface area contributed by atoms with Crippen LogP contribution in [0.3, 0.4) is 0 Å². The second kappa shape index (κ2) is 17.6. The van der Waals surface area contributed by atoms with E-state index in [0.29, 0.717) is 47.0 Å². The molecule has 2 saturated heterocycles. The first-order valence-corrected chi connectivity index (χ1v) is 18.5. The number of carbonyl (C=O) groups excluding carboxylic acids is 6. The zero-order chi connectivity index (χ0) is 38.9. The van der Waals surface area contributed by atoms with Crippen LogP contribution < -0.4 is 24.3 Å². The summed E-state index contributed by atoms with van der Waals surface area (Å²) >= 11 is 2.12. The predicted octanol–water partition coefficient (Wildman–Crippen LogP) is 6.73. The lowest BCUT2D eigenvalue weighted by Crippen LogP contribution is -2.35. The van der Waals surface area contributed by atoms with Gasteiger partial charge in [-0.25, -0.2) is 0 Å². The fraction of sp³-hybridized carbons (Fsp3) is 0.268. The summed E-state index contributed by atoms with van der Waals surface area (Å²) in [6.45, 7) is 3.39. The molecule has 2 amide bonds. The molecule has 280 valence electrons. The van der Waals surface area contributed by atoms with Crippen molar-refractivity contribution in [2.75, 3.05) is 27.4 Å². The number of benzene rings is 4. The molecule has 0 aromatic heterocycles. The molecule has 0 saturated carbocycles. The second-order valence-corrected chi connectivity index (χ2v) is 15.9. The lowest BCUT2D eigenvalue weighted by Gasteiger charge is -2.19. The smallest absolute Gasteiger partial charge is 0.286 e. The average molecular weight is 770 g/mol. The number of imide groups is 1. The van der Waals surface area contributed by atoms with Gasteiger partial charge in [-0.15, -0.1) is 0 Å². The monoisotopic (exact) mass is 769 g/mol. The maximum Gasteiger partial charge on any atom is 0.286 e. The summed E-state index contributed by atoms with van der Waals surface area (Å²) in [4.78, 5) is 71.3. The largest absolute Gasteiger partial charge is 0.497 e. The van der Waals surface area contributed by atoms with E-state index in [1.165, 1.54) is 0 Å². The molecule has 6 rings (SSSR count). The number of thioether (sulfide) groups is 2. The maximum absolute atomic E-state index is 12.2. The molecule has 2 aliphatic rings. The molecule has 11 nitrogen and oxygen atoms in total. The van der Waals surface area contributed by atoms with Gasteiger partial charge in [-0.05, 0) is 98.1 Å². The molecule has 0 bridgehead atoms. The predicted molar refractivity (Wildman–Crippen MR) is 206 cm³/mol. The zero-order valence-corrected chi connectivity index (χ0v) is 31.8. The van der Waals surface area contributed by atoms with Crippen molar-refractivity contribution in [3.05, 3.63) is 119 Å². The number of amides is 2. The minimum atomic E-state index is -0.804. The van der Waals surface area contributed by atoms with E-state index in [0.717, 1.165) is 34.7 Å². The minimum absolute atomic E-state index is 0.00868. The van der Waals surface area contributed by atoms with E-state index < -0.39 is 9.49 Å². The molecular weight excluding hydrogens is 731 g/mol. The molecule has 0 unspecified atom stereocenters. The summed E-state index contributed by atoms with van der Waals surface area (Å²) in [7, 11) is 3.10. The number of nitrogens with one attached hydrogen (secondary N) is 1. The van der Waals surface area contributed by atoms with E-state index in [1.807, 2.05) is 31.2 Å². The first-order valence-electron chi connectivity index (χ1n) is 16.9. The minimum Gasteiger partial charge on any atom is -0.497 e. The van der Waals surface area contributed by atoms with E-state index in [1.54, 1.807) is 93.9 Å². The number of hydrogen-bond acceptors (Lipinski definition) is 12. The third-order valence-corrected chi connectivity index (χ3v) is 11.0. The van der Waals surface area contributed by atoms with Crippen molar-refractivity contribution in [2.24, 2.45) is 0 Å². The van der Waals surface area contributed by atoms with E-state index in [9.17, 15) is 28.8 Å². The Morgan fingerprint density at radius 3 is 1.48 bits per heavy atom. The highest BCUT2D eigenvalue weighted by Crippen LogP contribution is 2.39. The van der Waals surface area contributed by atoms with Crippen LogP contribution in [0.25, 0.3) is 0 Å². The van der Waals surface area contributed by atoms with Gasteiger partial charge in [-0.3, -0.25) is 34.1 Å². The van der Waals surface area contributed by atoms with E-state index >= 15 is 0 Å². The molecule has 2 atom stereocenters. The van der Waals surface area contributed by atoms with E-state index in [-0.39, 0.29) is 53.2 Å². The van der Waals surface area contributed by atoms with Crippen molar-refractivity contribution in [3.63, 3.8) is 0 Å². The molecule has 2 aliphatic heterocycles. The highest BCUT2D eigenvalue weighted by atomic mass is 32.2. The van der Waals surface area contributed by atoms with Crippen LogP contribution in [-0.4, -0.2) is 70.5 Å². The Kier molecular flexibility index (Phi) is 13.0. The number of rotatable bonds is 14. The lowest BCUT2D eigenvalue weighted by atomic mass is 9.95. The quantitative estimate of drug-likeness (QED) is 0.107. The second-order valence-electron chi connectivity index (χ2n) is 12.9. The van der Waals surface area contributed by atoms with Crippen molar-refractivity contribution in [1.29, 1.82) is 0 Å². The number of ether oxygens (including phenoxy) is 4. The highest BCUT2D eigenvalue weighted by molar-refractivity contribution is 8.16. The van der Waals surface area contributed by atoms with Crippen LogP contribution in [0.4, 0.5) is 4.79 Å². The van der Waals surface area contributed by atoms with Gasteiger partial charge in [-0.2, -0.15) is 0 Å². The van der Waals surface area contributed by atoms with Crippen LogP contribution in [0.15, 0.2) is 97.1 Å². The van der Waals surface area contributed by atoms with Gasteiger partial charge in [0.15, 0.2) is 35.7 Å². The Morgan fingerprint density at radius 2 is 1.09 bits per heavy atom. The van der Waals surface area contributed by atoms with Crippen molar-refractivity contribution in [1.82, 2.24) is 5.32 Å². The molecular formula is C41H39NO10S2. The zero-order valence-electron chi connectivity index (χ0n) is 30.2. The van der Waals surface area contributed by atoms with Crippen LogP contribution in [0.1, 0.15) is 52.1 Å². The number of ketones is 3. The van der Waals surface area contributed by atoms with Gasteiger partial charge in [0, 0.05) is 11.1 Å². The summed E-state index contributed by atoms with van der Waals surface area (Å²) in [6.07, 6.45) is 0.929. The molecule has 1 N–H and O–H groups in total. The van der Waals surface area contributed by atoms with Crippen molar-refractivity contribution >= 4 is 57.1 Å². The van der Waals surface area contributed by atoms with Gasteiger partial charge < -0.3 is 18.9 Å². The van der Waals surface area contributed by atoms with Gasteiger partial charge in [0.25, 0.3) is 5.24 Å². The van der Waals surface area contributed by atoms with Crippen molar-refractivity contribution in [2.45, 2.75) is 42.6 Å². The number of methoxy groups -OCH3 is 2. The normalized spacial score (nSPS) is 19.0. The molecule has 4 aromatic carbocycles. The summed E-state index contributed by atoms with van der Waals surface area (Å²) in [6, 6.07) is 28.2. The van der Waals surface area contributed by atoms with Crippen LogP contribution >= 0.6 is 23.5 Å². The van der Waals surface area contributed by atoms with Crippen LogP contribution in [0.2, 0.25) is 0 Å². The molecule has 0 aliphatic carbocycles. The topological polar surface area (TPSA) is 151 Å². The summed E-state index contributed by atoms with van der Waals surface area (Å²) in [5, 5.41) is 1.92. The van der Waals surface area contributed by atoms with Gasteiger partial charge in [-0.1, -0.05) is 60.3 Å². The molecule has 13 heteroatoms. The van der Waals surface area contributed by atoms with E-state index in [4.69, 9.17) is 18.9 Å². The lowest BCUT2D eigenvalue weighted by molar-refractivity contribution is -0.123. The number of hydrogen-bond donors (Lipinski definition) is 1. The van der Waals surface area contributed by atoms with Gasteiger partial charge in [0.05, 0.1) is 25.4 Å². The molecule has 0 spiro atoms. The fourth-order valence-corrected chi connectivity index (χ4v) is 7.72. The Hall–Kier alpha value is -5.40. The number of carbonyl (C=O) groups is 6. The maximum atomic E-state index is 12.2. The average Bonchev–Trinajstić information content (AvgIpc) is 3.58. The summed E-state index contributed by atoms with van der Waals surface area (Å²) in [5.74, 6) is 1.77. The van der Waals surface area contributed by atoms with Crippen molar-refractivity contribution in [3.8, 4) is 23.0 Å². The third kappa shape index (κ3) is 10.4. The first-order chi connectivity index (χ1) is 25.8. The Morgan fingerprint density at radius 1 is 0.630 bits per heavy atom. The van der Waals surface area contributed by atoms with Gasteiger partial charge >= 0.3 is 0 Å². The Bertz CT molecular complexity index is 1900. The Labute approximate surface area is 321 Å². The SMILES string of the molecule is COc1cccc(C(=O)COc2ccc(C[C@@]3(C)SC(=O)NC3=O)cc2)c1.COc1cccc(C(=O)COc2ccc(C[C@]3(C)SC(=O)CC3=O)cc2)c1. The molecule has 4 aromatic rings. The fourth-order valence-electron chi connectivity index (χ4n) is 5.66. The van der Waals surface area contributed by atoms with E-state index in [2.05, 4.69) is 5.32 Å². The van der Waals surface area contributed by atoms with Crippen LogP contribution in [0.5, 0.6) is 23.0 Å². The highest BCUT2D eigenvalue weighted by Gasteiger charge is 2.44. The molecule has 2 heterocycles. The van der Waals surface area contributed by atoms with Crippen LogP contribution in [-0.2, 0) is 27.2 Å². The van der Waals surface area contributed by atoms with Gasteiger partial charge in [0.2, 0.25) is 5.91 Å². The standard InChI is InChI=1S/C21H20O5S.C20H19NO5S/c1-21(19(23)11-20(24)27-21)12-14-6-8-16(9-7-14)26-13-18(22)15-4-3-5-17(10-15)25-2;1-20(18(23)21-19(24)27-20)11-13-6-8-15(9-7-13)26-12-17(22)14-4-3-5-16(10-14)25-2/h3-10H,11-13H2,1-2H3;3-10H,11-12H2,1-2H3,(H,21,23,24)/t21-;20-/m01/s1. The molecule has 2 fully saturated rings.